The molecule has 1 aromatic carbocycles. The lowest BCUT2D eigenvalue weighted by Gasteiger charge is -2.11. The van der Waals surface area contributed by atoms with E-state index in [2.05, 4.69) is 20.5 Å². The quantitative estimate of drug-likeness (QED) is 0.671. The minimum absolute atomic E-state index is 0.162. The molecule has 1 amide bonds. The third-order valence-electron chi connectivity index (χ3n) is 3.85. The second kappa shape index (κ2) is 7.88. The summed E-state index contributed by atoms with van der Waals surface area (Å²) in [5.74, 6) is 1.08. The first kappa shape index (κ1) is 18.4. The summed E-state index contributed by atoms with van der Waals surface area (Å²) in [7, 11) is 1.90. The molecule has 0 saturated heterocycles. The molecule has 0 aliphatic carbocycles. The van der Waals surface area contributed by atoms with Crippen LogP contribution < -0.4 is 5.32 Å². The van der Waals surface area contributed by atoms with Crippen LogP contribution in [0, 0.1) is 6.92 Å². The molecule has 3 rings (SSSR count). The summed E-state index contributed by atoms with van der Waals surface area (Å²) in [6.07, 6.45) is 1.49. The predicted octanol–water partition coefficient (Wildman–Crippen LogP) is 3.96. The lowest BCUT2D eigenvalue weighted by atomic mass is 10.1. The molecule has 6 nitrogen and oxygen atoms in total. The second-order valence-corrected chi connectivity index (χ2v) is 7.54. The number of aryl methyl sites for hydroxylation is 1. The van der Waals surface area contributed by atoms with Crippen LogP contribution in [0.5, 0.6) is 0 Å². The molecule has 0 aliphatic heterocycles. The number of carbonyl (C=O) groups is 1. The van der Waals surface area contributed by atoms with E-state index in [-0.39, 0.29) is 11.2 Å². The molecule has 3 aromatic rings. The van der Waals surface area contributed by atoms with E-state index in [4.69, 9.17) is 11.6 Å². The van der Waals surface area contributed by atoms with Crippen LogP contribution in [0.15, 0.2) is 47.8 Å². The van der Waals surface area contributed by atoms with Crippen molar-refractivity contribution < 1.29 is 4.79 Å². The zero-order valence-electron chi connectivity index (χ0n) is 14.6. The Balaban J connectivity index is 1.71. The molecule has 134 valence electrons. The summed E-state index contributed by atoms with van der Waals surface area (Å²) in [5, 5.41) is 12.1. The SMILES string of the molecule is Cc1ccccc1-c1nnc(S[C@H](C)C(=O)Nc2ccc(Cl)cn2)n1C. The predicted molar refractivity (Wildman–Crippen MR) is 104 cm³/mol. The van der Waals surface area contributed by atoms with Crippen LogP contribution in [0.2, 0.25) is 5.02 Å². The molecule has 2 heterocycles. The smallest absolute Gasteiger partial charge is 0.238 e. The summed E-state index contributed by atoms with van der Waals surface area (Å²) in [4.78, 5) is 16.5. The fourth-order valence-corrected chi connectivity index (χ4v) is 3.29. The topological polar surface area (TPSA) is 72.7 Å². The number of halogens is 1. The number of nitrogens with zero attached hydrogens (tertiary/aromatic N) is 4. The molecule has 1 N–H and O–H groups in total. The first-order chi connectivity index (χ1) is 12.5. The van der Waals surface area contributed by atoms with Crippen molar-refractivity contribution in [2.24, 2.45) is 7.05 Å². The van der Waals surface area contributed by atoms with Gasteiger partial charge >= 0.3 is 0 Å². The van der Waals surface area contributed by atoms with Gasteiger partial charge in [0.1, 0.15) is 5.82 Å². The molecule has 8 heteroatoms. The largest absolute Gasteiger partial charge is 0.310 e. The molecule has 0 radical (unpaired) electrons. The number of amides is 1. The minimum atomic E-state index is -0.361. The summed E-state index contributed by atoms with van der Waals surface area (Å²) < 4.78 is 1.90. The van der Waals surface area contributed by atoms with E-state index in [1.165, 1.54) is 18.0 Å². The van der Waals surface area contributed by atoms with Crippen LogP contribution in [0.4, 0.5) is 5.82 Å². The highest BCUT2D eigenvalue weighted by molar-refractivity contribution is 8.00. The van der Waals surface area contributed by atoms with Gasteiger partial charge in [0.15, 0.2) is 11.0 Å². The molecule has 1 atom stereocenters. The van der Waals surface area contributed by atoms with E-state index in [0.717, 1.165) is 17.0 Å². The normalized spacial score (nSPS) is 12.0. The van der Waals surface area contributed by atoms with E-state index in [9.17, 15) is 4.79 Å². The van der Waals surface area contributed by atoms with Gasteiger partial charge in [-0.15, -0.1) is 10.2 Å². The van der Waals surface area contributed by atoms with Crippen LogP contribution in [-0.2, 0) is 11.8 Å². The van der Waals surface area contributed by atoms with Crippen LogP contribution in [0.1, 0.15) is 12.5 Å². The van der Waals surface area contributed by atoms with Gasteiger partial charge in [-0.1, -0.05) is 47.6 Å². The van der Waals surface area contributed by atoms with Gasteiger partial charge in [0.2, 0.25) is 5.91 Å². The standard InChI is InChI=1S/C18H18ClN5OS/c1-11-6-4-5-7-14(11)16-22-23-18(24(16)3)26-12(2)17(25)21-15-9-8-13(19)10-20-15/h4-10,12H,1-3H3,(H,20,21,25)/t12-/m1/s1. The Bertz CT molecular complexity index is 926. The third-order valence-corrected chi connectivity index (χ3v) is 5.21. The average Bonchev–Trinajstić information content (AvgIpc) is 2.98. The van der Waals surface area contributed by atoms with E-state index < -0.39 is 0 Å². The summed E-state index contributed by atoms with van der Waals surface area (Å²) in [5.41, 5.74) is 2.15. The number of thioether (sulfide) groups is 1. The lowest BCUT2D eigenvalue weighted by molar-refractivity contribution is -0.115. The van der Waals surface area contributed by atoms with E-state index in [0.29, 0.717) is 16.0 Å². The van der Waals surface area contributed by atoms with Gasteiger partial charge in [0.05, 0.1) is 10.3 Å². The highest BCUT2D eigenvalue weighted by atomic mass is 35.5. The van der Waals surface area contributed by atoms with Crippen molar-refractivity contribution in [2.75, 3.05) is 5.32 Å². The summed E-state index contributed by atoms with van der Waals surface area (Å²) >= 11 is 7.15. The molecule has 26 heavy (non-hydrogen) atoms. The average molecular weight is 388 g/mol. The molecule has 0 spiro atoms. The highest BCUT2D eigenvalue weighted by Crippen LogP contribution is 2.27. The van der Waals surface area contributed by atoms with Gasteiger partial charge in [-0.05, 0) is 31.5 Å². The maximum absolute atomic E-state index is 12.4. The highest BCUT2D eigenvalue weighted by Gasteiger charge is 2.20. The first-order valence-electron chi connectivity index (χ1n) is 8.00. The Morgan fingerprint density at radius 2 is 2.00 bits per heavy atom. The third kappa shape index (κ3) is 4.05. The van der Waals surface area contributed by atoms with Crippen molar-refractivity contribution >= 4 is 35.1 Å². The second-order valence-electron chi connectivity index (χ2n) is 5.79. The molecule has 0 saturated carbocycles. The fourth-order valence-electron chi connectivity index (χ4n) is 2.37. The number of benzene rings is 1. The molecular formula is C18H18ClN5OS. The van der Waals surface area contributed by atoms with Gasteiger partial charge < -0.3 is 9.88 Å². The molecule has 0 bridgehead atoms. The van der Waals surface area contributed by atoms with Gasteiger partial charge in [-0.2, -0.15) is 0 Å². The number of anilines is 1. The minimum Gasteiger partial charge on any atom is -0.310 e. The van der Waals surface area contributed by atoms with Crippen LogP contribution >= 0.6 is 23.4 Å². The Labute approximate surface area is 161 Å². The Morgan fingerprint density at radius 3 is 2.69 bits per heavy atom. The lowest BCUT2D eigenvalue weighted by Crippen LogP contribution is -2.23. The summed E-state index contributed by atoms with van der Waals surface area (Å²) in [6.45, 7) is 3.85. The van der Waals surface area contributed by atoms with E-state index >= 15 is 0 Å². The Morgan fingerprint density at radius 1 is 1.23 bits per heavy atom. The van der Waals surface area contributed by atoms with Crippen molar-refractivity contribution in [3.05, 3.63) is 53.2 Å². The van der Waals surface area contributed by atoms with Crippen molar-refractivity contribution in [3.63, 3.8) is 0 Å². The fraction of sp³-hybridized carbons (Fsp3) is 0.222. The summed E-state index contributed by atoms with van der Waals surface area (Å²) in [6, 6.07) is 11.3. The molecule has 0 aliphatic rings. The number of pyridine rings is 1. The monoisotopic (exact) mass is 387 g/mol. The van der Waals surface area contributed by atoms with E-state index in [1.807, 2.05) is 49.7 Å². The maximum atomic E-state index is 12.4. The van der Waals surface area contributed by atoms with Crippen molar-refractivity contribution in [3.8, 4) is 11.4 Å². The number of nitrogens with one attached hydrogen (secondary N) is 1. The molecule has 0 unspecified atom stereocenters. The zero-order valence-corrected chi connectivity index (χ0v) is 16.2. The number of hydrogen-bond donors (Lipinski definition) is 1. The van der Waals surface area contributed by atoms with E-state index in [1.54, 1.807) is 12.1 Å². The van der Waals surface area contributed by atoms with Crippen LogP contribution in [0.3, 0.4) is 0 Å². The van der Waals surface area contributed by atoms with Crippen LogP contribution in [0.25, 0.3) is 11.4 Å². The number of carbonyl (C=O) groups excluding carboxylic acids is 1. The Kier molecular flexibility index (Phi) is 5.58. The van der Waals surface area contributed by atoms with Gasteiger partial charge in [-0.3, -0.25) is 4.79 Å². The molecule has 0 fully saturated rings. The number of aromatic nitrogens is 4. The Hall–Kier alpha value is -2.38. The van der Waals surface area contributed by atoms with Crippen molar-refractivity contribution in [1.29, 1.82) is 0 Å². The molecule has 2 aromatic heterocycles. The number of hydrogen-bond acceptors (Lipinski definition) is 5. The first-order valence-corrected chi connectivity index (χ1v) is 9.26. The van der Waals surface area contributed by atoms with Crippen molar-refractivity contribution in [1.82, 2.24) is 19.7 Å². The number of rotatable bonds is 5. The molecular weight excluding hydrogens is 370 g/mol. The van der Waals surface area contributed by atoms with Gasteiger partial charge in [-0.25, -0.2) is 4.98 Å². The van der Waals surface area contributed by atoms with Gasteiger partial charge in [0, 0.05) is 18.8 Å². The van der Waals surface area contributed by atoms with Crippen LogP contribution in [-0.4, -0.2) is 30.9 Å². The maximum Gasteiger partial charge on any atom is 0.238 e. The zero-order chi connectivity index (χ0) is 18.7. The van der Waals surface area contributed by atoms with Gasteiger partial charge in [0.25, 0.3) is 0 Å². The van der Waals surface area contributed by atoms with Crippen molar-refractivity contribution in [2.45, 2.75) is 24.3 Å².